The number of hydrogen-bond acceptors (Lipinski definition) is 5. The Morgan fingerprint density at radius 1 is 1.23 bits per heavy atom. The van der Waals surface area contributed by atoms with E-state index >= 15 is 0 Å². The average molecular weight is 298 g/mol. The van der Waals surface area contributed by atoms with Crippen molar-refractivity contribution in [3.63, 3.8) is 0 Å². The Bertz CT molecular complexity index is 590. The first kappa shape index (κ1) is 15.1. The number of aryl methyl sites for hydroxylation is 1. The summed E-state index contributed by atoms with van der Waals surface area (Å²) in [5, 5.41) is 0. The summed E-state index contributed by atoms with van der Waals surface area (Å²) >= 11 is 0. The molecule has 1 aliphatic rings. The maximum absolute atomic E-state index is 5.77. The summed E-state index contributed by atoms with van der Waals surface area (Å²) in [6.07, 6.45) is 4.43. The van der Waals surface area contributed by atoms with Crippen molar-refractivity contribution in [3.05, 3.63) is 53.9 Å². The minimum Gasteiger partial charge on any atom is -0.380 e. The van der Waals surface area contributed by atoms with Crippen LogP contribution in [0.4, 0.5) is 0 Å². The second-order valence-electron chi connectivity index (χ2n) is 5.85. The van der Waals surface area contributed by atoms with Crippen LogP contribution in [0.15, 0.2) is 36.8 Å². The zero-order chi connectivity index (χ0) is 15.2. The van der Waals surface area contributed by atoms with Gasteiger partial charge in [0.25, 0.3) is 0 Å². The average Bonchev–Trinajstić information content (AvgIpc) is 2.73. The molecule has 3 rings (SSSR count). The molecule has 5 nitrogen and oxygen atoms in total. The van der Waals surface area contributed by atoms with Crippen molar-refractivity contribution < 1.29 is 4.74 Å². The van der Waals surface area contributed by atoms with E-state index in [4.69, 9.17) is 4.74 Å². The molecule has 2 aromatic heterocycles. The van der Waals surface area contributed by atoms with Gasteiger partial charge in [0.15, 0.2) is 0 Å². The molecule has 22 heavy (non-hydrogen) atoms. The fourth-order valence-corrected chi connectivity index (χ4v) is 2.86. The monoisotopic (exact) mass is 298 g/mol. The largest absolute Gasteiger partial charge is 0.380 e. The Kier molecular flexibility index (Phi) is 5.08. The molecule has 1 saturated heterocycles. The van der Waals surface area contributed by atoms with Crippen LogP contribution < -0.4 is 0 Å². The second kappa shape index (κ2) is 7.42. The molecule has 0 radical (unpaired) electrons. The highest BCUT2D eigenvalue weighted by Crippen LogP contribution is 2.14. The molecule has 2 aromatic rings. The number of nitrogens with zero attached hydrogens (tertiary/aromatic N) is 4. The highest BCUT2D eigenvalue weighted by molar-refractivity contribution is 5.08. The van der Waals surface area contributed by atoms with E-state index in [-0.39, 0.29) is 0 Å². The van der Waals surface area contributed by atoms with Crippen LogP contribution in [0.2, 0.25) is 0 Å². The number of hydrogen-bond donors (Lipinski definition) is 0. The third-order valence-electron chi connectivity index (χ3n) is 3.89. The Hall–Kier alpha value is -1.85. The quantitative estimate of drug-likeness (QED) is 0.862. The summed E-state index contributed by atoms with van der Waals surface area (Å²) in [6.45, 7) is 6.43. The molecule has 1 aliphatic heterocycles. The van der Waals surface area contributed by atoms with Crippen LogP contribution in [0.25, 0.3) is 0 Å². The lowest BCUT2D eigenvalue weighted by atomic mass is 10.0. The van der Waals surface area contributed by atoms with E-state index in [1.54, 1.807) is 6.33 Å². The normalized spacial score (nSPS) is 19.8. The smallest absolute Gasteiger partial charge is 0.115 e. The number of pyridine rings is 1. The molecule has 5 heteroatoms. The molecule has 116 valence electrons. The van der Waals surface area contributed by atoms with Crippen LogP contribution in [0.3, 0.4) is 0 Å². The maximum Gasteiger partial charge on any atom is 0.115 e. The molecule has 1 atom stereocenters. The summed E-state index contributed by atoms with van der Waals surface area (Å²) in [5.41, 5.74) is 3.23. The molecule has 3 heterocycles. The molecule has 0 N–H and O–H groups in total. The summed E-state index contributed by atoms with van der Waals surface area (Å²) in [7, 11) is 0. The molecular formula is C17H22N4O. The first-order chi connectivity index (χ1) is 10.8. The van der Waals surface area contributed by atoms with E-state index in [1.807, 2.05) is 25.3 Å². The van der Waals surface area contributed by atoms with E-state index in [0.717, 1.165) is 56.4 Å². The zero-order valence-electron chi connectivity index (χ0n) is 13.0. The van der Waals surface area contributed by atoms with Crippen LogP contribution in [0.5, 0.6) is 0 Å². The van der Waals surface area contributed by atoms with Gasteiger partial charge in [-0.05, 0) is 31.5 Å². The van der Waals surface area contributed by atoms with E-state index < -0.39 is 0 Å². The Morgan fingerprint density at radius 2 is 2.18 bits per heavy atom. The lowest BCUT2D eigenvalue weighted by molar-refractivity contribution is 0.121. The number of rotatable bonds is 4. The first-order valence-corrected chi connectivity index (χ1v) is 7.77. The van der Waals surface area contributed by atoms with Crippen molar-refractivity contribution in [2.45, 2.75) is 19.9 Å². The van der Waals surface area contributed by atoms with Gasteiger partial charge < -0.3 is 4.74 Å². The van der Waals surface area contributed by atoms with Crippen LogP contribution in [-0.2, 0) is 17.7 Å². The van der Waals surface area contributed by atoms with Gasteiger partial charge in [0.1, 0.15) is 6.33 Å². The molecule has 0 unspecified atom stereocenters. The topological polar surface area (TPSA) is 51.1 Å². The summed E-state index contributed by atoms with van der Waals surface area (Å²) in [6, 6.07) is 8.13. The molecule has 0 saturated carbocycles. The highest BCUT2D eigenvalue weighted by Gasteiger charge is 2.20. The lowest BCUT2D eigenvalue weighted by Gasteiger charge is -2.22. The predicted octanol–water partition coefficient (Wildman–Crippen LogP) is 1.87. The molecule has 0 amide bonds. The minimum absolute atomic E-state index is 0.459. The van der Waals surface area contributed by atoms with Crippen LogP contribution >= 0.6 is 0 Å². The van der Waals surface area contributed by atoms with Gasteiger partial charge in [0, 0.05) is 43.1 Å². The van der Waals surface area contributed by atoms with Gasteiger partial charge in [-0.15, -0.1) is 0 Å². The van der Waals surface area contributed by atoms with Crippen molar-refractivity contribution in [2.24, 2.45) is 5.92 Å². The SMILES string of the molecule is Cc1cc(C[C@@H]2COCCN(Cc3ccccn3)C2)ncn1. The van der Waals surface area contributed by atoms with Crippen LogP contribution in [0.1, 0.15) is 17.1 Å². The second-order valence-corrected chi connectivity index (χ2v) is 5.85. The molecule has 0 spiro atoms. The van der Waals surface area contributed by atoms with Gasteiger partial charge in [-0.1, -0.05) is 6.07 Å². The van der Waals surface area contributed by atoms with E-state index in [9.17, 15) is 0 Å². The minimum atomic E-state index is 0.459. The van der Waals surface area contributed by atoms with Gasteiger partial charge in [0.2, 0.25) is 0 Å². The molecule has 0 bridgehead atoms. The highest BCUT2D eigenvalue weighted by atomic mass is 16.5. The summed E-state index contributed by atoms with van der Waals surface area (Å²) in [4.78, 5) is 15.4. The maximum atomic E-state index is 5.77. The van der Waals surface area contributed by atoms with Crippen molar-refractivity contribution >= 4 is 0 Å². The number of aromatic nitrogens is 3. The Morgan fingerprint density at radius 3 is 3.00 bits per heavy atom. The summed E-state index contributed by atoms with van der Waals surface area (Å²) < 4.78 is 5.77. The fourth-order valence-electron chi connectivity index (χ4n) is 2.86. The fraction of sp³-hybridized carbons (Fsp3) is 0.471. The number of ether oxygens (including phenoxy) is 1. The molecular weight excluding hydrogens is 276 g/mol. The standard InChI is InChI=1S/C17H22N4O/c1-14-8-17(20-13-19-14)9-15-10-21(6-7-22-12-15)11-16-4-2-3-5-18-16/h2-5,8,13,15H,6-7,9-12H2,1H3/t15-/m0/s1. The van der Waals surface area contributed by atoms with Crippen LogP contribution in [0, 0.1) is 12.8 Å². The first-order valence-electron chi connectivity index (χ1n) is 7.77. The van der Waals surface area contributed by atoms with Gasteiger partial charge in [0.05, 0.1) is 18.9 Å². The van der Waals surface area contributed by atoms with Crippen LogP contribution in [-0.4, -0.2) is 46.2 Å². The van der Waals surface area contributed by atoms with E-state index in [1.165, 1.54) is 0 Å². The summed E-state index contributed by atoms with van der Waals surface area (Å²) in [5.74, 6) is 0.459. The van der Waals surface area contributed by atoms with Gasteiger partial charge >= 0.3 is 0 Å². The lowest BCUT2D eigenvalue weighted by Crippen LogP contribution is -2.31. The van der Waals surface area contributed by atoms with Crippen molar-refractivity contribution in [1.82, 2.24) is 19.9 Å². The Labute approximate surface area is 131 Å². The molecule has 0 aromatic carbocycles. The van der Waals surface area contributed by atoms with Crippen molar-refractivity contribution in [2.75, 3.05) is 26.3 Å². The third kappa shape index (κ3) is 4.32. The predicted molar refractivity (Wildman–Crippen MR) is 84.3 cm³/mol. The molecule has 1 fully saturated rings. The van der Waals surface area contributed by atoms with E-state index in [0.29, 0.717) is 5.92 Å². The zero-order valence-corrected chi connectivity index (χ0v) is 13.0. The van der Waals surface area contributed by atoms with Crippen molar-refractivity contribution in [1.29, 1.82) is 0 Å². The Balaban J connectivity index is 1.62. The third-order valence-corrected chi connectivity index (χ3v) is 3.89. The van der Waals surface area contributed by atoms with Gasteiger partial charge in [-0.2, -0.15) is 0 Å². The van der Waals surface area contributed by atoms with Gasteiger partial charge in [-0.3, -0.25) is 9.88 Å². The van der Waals surface area contributed by atoms with E-state index in [2.05, 4.69) is 32.0 Å². The van der Waals surface area contributed by atoms with Crippen molar-refractivity contribution in [3.8, 4) is 0 Å². The van der Waals surface area contributed by atoms with Gasteiger partial charge in [-0.25, -0.2) is 9.97 Å². The molecule has 0 aliphatic carbocycles.